The van der Waals surface area contributed by atoms with Gasteiger partial charge in [-0.15, -0.1) is 0 Å². The molecule has 0 radical (unpaired) electrons. The van der Waals surface area contributed by atoms with Crippen molar-refractivity contribution >= 4 is 15.9 Å². The van der Waals surface area contributed by atoms with Crippen molar-refractivity contribution in [2.45, 2.75) is 72.1 Å². The molecule has 0 bridgehead atoms. The summed E-state index contributed by atoms with van der Waals surface area (Å²) in [6, 6.07) is 2.30. The zero-order chi connectivity index (χ0) is 16.4. The molecule has 0 aliphatic heterocycles. The van der Waals surface area contributed by atoms with E-state index in [0.717, 1.165) is 16.5 Å². The van der Waals surface area contributed by atoms with Crippen LogP contribution in [0.5, 0.6) is 5.75 Å². The molecule has 1 N–H and O–H groups in total. The van der Waals surface area contributed by atoms with Gasteiger partial charge in [0.15, 0.2) is 0 Å². The van der Waals surface area contributed by atoms with E-state index >= 15 is 0 Å². The first kappa shape index (κ1) is 17.6. The summed E-state index contributed by atoms with van der Waals surface area (Å²) in [5.41, 5.74) is 5.12. The molecule has 0 aromatic heterocycles. The maximum Gasteiger partial charge on any atom is 0.133 e. The van der Waals surface area contributed by atoms with Crippen molar-refractivity contribution in [1.82, 2.24) is 0 Å². The van der Waals surface area contributed by atoms with Gasteiger partial charge in [0.25, 0.3) is 0 Å². The molecule has 2 heteroatoms. The molecule has 122 valence electrons. The van der Waals surface area contributed by atoms with E-state index in [1.807, 2.05) is 0 Å². The number of aryl methyl sites for hydroxylation is 1. The van der Waals surface area contributed by atoms with Crippen molar-refractivity contribution < 1.29 is 5.11 Å². The Morgan fingerprint density at radius 3 is 2.73 bits per heavy atom. The van der Waals surface area contributed by atoms with Gasteiger partial charge in [-0.2, -0.15) is 0 Å². The van der Waals surface area contributed by atoms with Gasteiger partial charge >= 0.3 is 0 Å². The Morgan fingerprint density at radius 1 is 1.41 bits per heavy atom. The molecule has 1 unspecified atom stereocenters. The van der Waals surface area contributed by atoms with Gasteiger partial charge in [-0.05, 0) is 91.3 Å². The Morgan fingerprint density at radius 2 is 2.09 bits per heavy atom. The van der Waals surface area contributed by atoms with E-state index in [4.69, 9.17) is 0 Å². The van der Waals surface area contributed by atoms with Crippen molar-refractivity contribution in [3.63, 3.8) is 0 Å². The number of aromatic hydroxyl groups is 1. The Bertz CT molecular complexity index is 570. The normalized spacial score (nSPS) is 22.1. The number of rotatable bonds is 4. The van der Waals surface area contributed by atoms with Gasteiger partial charge in [-0.25, -0.2) is 0 Å². The second-order valence-electron chi connectivity index (χ2n) is 7.28. The number of allylic oxidation sites excluding steroid dienone is 2. The van der Waals surface area contributed by atoms with E-state index in [9.17, 15) is 5.11 Å². The van der Waals surface area contributed by atoms with Gasteiger partial charge in [0, 0.05) is 5.56 Å². The Balaban J connectivity index is 2.30. The largest absolute Gasteiger partial charge is 0.506 e. The summed E-state index contributed by atoms with van der Waals surface area (Å²) in [5, 5.41) is 10.6. The topological polar surface area (TPSA) is 20.2 Å². The highest BCUT2D eigenvalue weighted by Crippen LogP contribution is 2.49. The number of halogens is 1. The van der Waals surface area contributed by atoms with Crippen LogP contribution in [-0.4, -0.2) is 5.11 Å². The average molecular weight is 365 g/mol. The molecule has 1 aliphatic rings. The molecule has 1 aromatic carbocycles. The number of phenolic OH excluding ortho intramolecular Hbond substituents is 1. The van der Waals surface area contributed by atoms with Crippen LogP contribution in [0.1, 0.15) is 81.9 Å². The number of hydrogen-bond donors (Lipinski definition) is 1. The molecule has 1 aliphatic carbocycles. The average Bonchev–Trinajstić information content (AvgIpc) is 2.44. The van der Waals surface area contributed by atoms with Crippen molar-refractivity contribution in [2.24, 2.45) is 5.92 Å². The fraction of sp³-hybridized carbons (Fsp3) is 0.600. The summed E-state index contributed by atoms with van der Waals surface area (Å²) < 4.78 is 0.871. The van der Waals surface area contributed by atoms with E-state index in [2.05, 4.69) is 62.7 Å². The molecule has 1 nitrogen and oxygen atoms in total. The molecule has 2 rings (SSSR count). The minimum Gasteiger partial charge on any atom is -0.506 e. The fourth-order valence-electron chi connectivity index (χ4n) is 3.80. The summed E-state index contributed by atoms with van der Waals surface area (Å²) in [6.07, 6.45) is 7.14. The van der Waals surface area contributed by atoms with Crippen LogP contribution in [-0.2, 0) is 0 Å². The summed E-state index contributed by atoms with van der Waals surface area (Å²) >= 11 is 3.54. The van der Waals surface area contributed by atoms with E-state index in [1.165, 1.54) is 36.0 Å². The molecule has 0 heterocycles. The second-order valence-corrected chi connectivity index (χ2v) is 8.07. The van der Waals surface area contributed by atoms with Crippen molar-refractivity contribution in [1.29, 1.82) is 0 Å². The molecule has 1 aromatic rings. The van der Waals surface area contributed by atoms with Crippen molar-refractivity contribution in [3.8, 4) is 5.75 Å². The molecular formula is C20H29BrO. The van der Waals surface area contributed by atoms with Gasteiger partial charge < -0.3 is 5.11 Å². The minimum atomic E-state index is 0.452. The van der Waals surface area contributed by atoms with Gasteiger partial charge in [-0.3, -0.25) is 0 Å². The minimum absolute atomic E-state index is 0.452. The maximum absolute atomic E-state index is 10.6. The van der Waals surface area contributed by atoms with Crippen LogP contribution < -0.4 is 0 Å². The highest BCUT2D eigenvalue weighted by molar-refractivity contribution is 9.10. The molecule has 22 heavy (non-hydrogen) atoms. The van der Waals surface area contributed by atoms with E-state index < -0.39 is 0 Å². The second kappa shape index (κ2) is 7.21. The quantitative estimate of drug-likeness (QED) is 0.580. The first-order valence-electron chi connectivity index (χ1n) is 8.48. The third-order valence-corrected chi connectivity index (χ3v) is 6.16. The third-order valence-electron chi connectivity index (χ3n) is 5.16. The van der Waals surface area contributed by atoms with Crippen LogP contribution in [0.3, 0.4) is 0 Å². The standard InChI is InChI=1S/C20H29BrO/c1-12(2)7-6-8-13(3)16-10-9-14(4)18-17(16)11-15(5)19(21)20(18)22/h7,11,13-14,16,22H,6,8-10H2,1-5H3/t13-,14+,16?/m0/s1. The van der Waals surface area contributed by atoms with Crippen molar-refractivity contribution in [3.05, 3.63) is 38.9 Å². The molecular weight excluding hydrogens is 336 g/mol. The molecule has 0 amide bonds. The molecule has 0 fully saturated rings. The van der Waals surface area contributed by atoms with Crippen molar-refractivity contribution in [2.75, 3.05) is 0 Å². The molecule has 3 atom stereocenters. The zero-order valence-corrected chi connectivity index (χ0v) is 16.1. The lowest BCUT2D eigenvalue weighted by Crippen LogP contribution is -2.19. The van der Waals surface area contributed by atoms with Gasteiger partial charge in [0.2, 0.25) is 0 Å². The molecule has 0 saturated heterocycles. The summed E-state index contributed by atoms with van der Waals surface area (Å²) in [6.45, 7) is 11.0. The van der Waals surface area contributed by atoms with Gasteiger partial charge in [0.1, 0.15) is 5.75 Å². The Hall–Kier alpha value is -0.760. The molecule has 0 saturated carbocycles. The highest BCUT2D eigenvalue weighted by Gasteiger charge is 2.31. The number of fused-ring (bicyclic) bond motifs is 1. The lowest BCUT2D eigenvalue weighted by Gasteiger charge is -2.35. The first-order chi connectivity index (χ1) is 10.3. The number of phenols is 1. The smallest absolute Gasteiger partial charge is 0.133 e. The fourth-order valence-corrected chi connectivity index (χ4v) is 4.13. The SMILES string of the molecule is CC(C)=CCC[C@H](C)C1CC[C@@H](C)c2c1cc(C)c(Br)c2O. The van der Waals surface area contributed by atoms with Crippen LogP contribution in [0, 0.1) is 12.8 Å². The summed E-state index contributed by atoms with van der Waals surface area (Å²) in [4.78, 5) is 0. The highest BCUT2D eigenvalue weighted by atomic mass is 79.9. The predicted molar refractivity (Wildman–Crippen MR) is 98.8 cm³/mol. The maximum atomic E-state index is 10.6. The first-order valence-corrected chi connectivity index (χ1v) is 9.27. The third kappa shape index (κ3) is 3.59. The van der Waals surface area contributed by atoms with E-state index in [-0.39, 0.29) is 0 Å². The van der Waals surface area contributed by atoms with Crippen LogP contribution in [0.2, 0.25) is 0 Å². The monoisotopic (exact) mass is 364 g/mol. The van der Waals surface area contributed by atoms with E-state index in [1.54, 1.807) is 0 Å². The zero-order valence-electron chi connectivity index (χ0n) is 14.5. The lowest BCUT2D eigenvalue weighted by atomic mass is 9.71. The van der Waals surface area contributed by atoms with Gasteiger partial charge in [0.05, 0.1) is 4.47 Å². The van der Waals surface area contributed by atoms with Crippen LogP contribution in [0.15, 0.2) is 22.2 Å². The predicted octanol–water partition coefficient (Wildman–Crippen LogP) is 6.83. The number of benzene rings is 1. The lowest BCUT2D eigenvalue weighted by molar-refractivity contribution is 0.360. The van der Waals surface area contributed by atoms with Crippen LogP contribution in [0.4, 0.5) is 0 Å². The van der Waals surface area contributed by atoms with Gasteiger partial charge in [-0.1, -0.05) is 31.6 Å². The Labute approximate surface area is 144 Å². The Kier molecular flexibility index (Phi) is 5.76. The van der Waals surface area contributed by atoms with Crippen LogP contribution >= 0.6 is 15.9 Å². The summed E-state index contributed by atoms with van der Waals surface area (Å²) in [5.74, 6) is 2.16. The van der Waals surface area contributed by atoms with Crippen LogP contribution in [0.25, 0.3) is 0 Å². The summed E-state index contributed by atoms with van der Waals surface area (Å²) in [7, 11) is 0. The molecule has 0 spiro atoms. The number of hydrogen-bond acceptors (Lipinski definition) is 1. The van der Waals surface area contributed by atoms with E-state index in [0.29, 0.717) is 23.5 Å².